The minimum Gasteiger partial charge on any atom is -0.462 e. The zero-order valence-electron chi connectivity index (χ0n) is 14.7. The second-order valence-electron chi connectivity index (χ2n) is 5.78. The molecular formula is C21H22BrNO3. The lowest BCUT2D eigenvalue weighted by Crippen LogP contribution is -2.11. The quantitative estimate of drug-likeness (QED) is 0.356. The van der Waals surface area contributed by atoms with Crippen LogP contribution in [0.5, 0.6) is 0 Å². The highest BCUT2D eigenvalue weighted by Crippen LogP contribution is 2.16. The topological polar surface area (TPSA) is 55.4 Å². The largest absolute Gasteiger partial charge is 0.462 e. The van der Waals surface area contributed by atoms with Crippen LogP contribution in [0.15, 0.2) is 59.1 Å². The van der Waals surface area contributed by atoms with E-state index < -0.39 is 0 Å². The van der Waals surface area contributed by atoms with Crippen LogP contribution in [0.3, 0.4) is 0 Å². The number of ether oxygens (including phenoxy) is 1. The third kappa shape index (κ3) is 6.48. The molecule has 0 saturated carbocycles. The molecule has 0 saturated heterocycles. The molecule has 2 rings (SSSR count). The summed E-state index contributed by atoms with van der Waals surface area (Å²) in [5.74, 6) is -0.604. The van der Waals surface area contributed by atoms with Crippen LogP contribution in [-0.2, 0) is 9.53 Å². The number of amides is 1. The number of hydrogen-bond donors (Lipinski definition) is 1. The summed E-state index contributed by atoms with van der Waals surface area (Å²) in [6.45, 7) is 2.53. The van der Waals surface area contributed by atoms with Crippen LogP contribution in [0.4, 0.5) is 5.69 Å². The Bertz CT molecular complexity index is 755. The van der Waals surface area contributed by atoms with Crippen molar-refractivity contribution in [2.75, 3.05) is 11.9 Å². The second kappa shape index (κ2) is 10.6. The summed E-state index contributed by atoms with van der Waals surface area (Å²) >= 11 is 3.29. The molecule has 0 radical (unpaired) electrons. The number of benzene rings is 2. The van der Waals surface area contributed by atoms with E-state index in [4.69, 9.17) is 4.74 Å². The number of esters is 1. The van der Waals surface area contributed by atoms with Gasteiger partial charge in [-0.05, 0) is 58.3 Å². The van der Waals surface area contributed by atoms with Crippen molar-refractivity contribution in [3.63, 3.8) is 0 Å². The summed E-state index contributed by atoms with van der Waals surface area (Å²) in [5.41, 5.74) is 2.00. The number of rotatable bonds is 8. The van der Waals surface area contributed by atoms with Gasteiger partial charge in [-0.3, -0.25) is 4.79 Å². The van der Waals surface area contributed by atoms with Crippen LogP contribution in [0, 0.1) is 0 Å². The minimum absolute atomic E-state index is 0.260. The van der Waals surface area contributed by atoms with E-state index in [9.17, 15) is 9.59 Å². The fourth-order valence-corrected chi connectivity index (χ4v) is 2.61. The molecule has 4 nitrogen and oxygen atoms in total. The van der Waals surface area contributed by atoms with Crippen molar-refractivity contribution in [1.29, 1.82) is 0 Å². The first kappa shape index (κ1) is 19.9. The van der Waals surface area contributed by atoms with Gasteiger partial charge >= 0.3 is 5.97 Å². The highest BCUT2D eigenvalue weighted by atomic mass is 79.9. The fraction of sp³-hybridized carbons (Fsp3) is 0.238. The van der Waals surface area contributed by atoms with Crippen molar-refractivity contribution in [3.05, 3.63) is 70.2 Å². The molecule has 0 aliphatic rings. The molecule has 0 heterocycles. The number of carbonyl (C=O) groups is 2. The Morgan fingerprint density at radius 2 is 1.73 bits per heavy atom. The van der Waals surface area contributed by atoms with Crippen molar-refractivity contribution < 1.29 is 14.3 Å². The first-order valence-corrected chi connectivity index (χ1v) is 9.40. The van der Waals surface area contributed by atoms with E-state index in [1.54, 1.807) is 30.3 Å². The number of hydrogen-bond acceptors (Lipinski definition) is 3. The van der Waals surface area contributed by atoms with E-state index in [1.165, 1.54) is 0 Å². The lowest BCUT2D eigenvalue weighted by atomic mass is 10.2. The van der Waals surface area contributed by atoms with Gasteiger partial charge in [-0.15, -0.1) is 0 Å². The van der Waals surface area contributed by atoms with Gasteiger partial charge in [0.25, 0.3) is 5.91 Å². The lowest BCUT2D eigenvalue weighted by molar-refractivity contribution is -0.112. The van der Waals surface area contributed by atoms with E-state index in [2.05, 4.69) is 28.2 Å². The summed E-state index contributed by atoms with van der Waals surface area (Å²) in [7, 11) is 0. The molecule has 0 bridgehead atoms. The molecule has 0 unspecified atom stereocenters. The predicted molar refractivity (Wildman–Crippen MR) is 108 cm³/mol. The molecule has 0 aromatic heterocycles. The number of unbranched alkanes of at least 4 members (excludes halogenated alkanes) is 2. The van der Waals surface area contributed by atoms with Gasteiger partial charge in [0.05, 0.1) is 16.7 Å². The Labute approximate surface area is 162 Å². The van der Waals surface area contributed by atoms with Gasteiger partial charge in [0, 0.05) is 5.69 Å². The van der Waals surface area contributed by atoms with Gasteiger partial charge in [-0.1, -0.05) is 50.1 Å². The maximum atomic E-state index is 12.2. The average Bonchev–Trinajstić information content (AvgIpc) is 2.66. The monoisotopic (exact) mass is 415 g/mol. The third-order valence-corrected chi connectivity index (χ3v) is 4.26. The summed E-state index contributed by atoms with van der Waals surface area (Å²) in [6, 6.07) is 16.2. The SMILES string of the molecule is CCCCCOC(=O)c1ccc(NC(=O)C(Br)=Cc2ccccc2)cc1. The molecule has 1 N–H and O–H groups in total. The predicted octanol–water partition coefficient (Wildman–Crippen LogP) is 5.41. The molecule has 1 amide bonds. The van der Waals surface area contributed by atoms with Crippen molar-refractivity contribution in [2.24, 2.45) is 0 Å². The van der Waals surface area contributed by atoms with Crippen LogP contribution < -0.4 is 5.32 Å². The average molecular weight is 416 g/mol. The summed E-state index contributed by atoms with van der Waals surface area (Å²) in [5, 5.41) is 2.78. The summed E-state index contributed by atoms with van der Waals surface area (Å²) < 4.78 is 5.63. The fourth-order valence-electron chi connectivity index (χ4n) is 2.24. The van der Waals surface area contributed by atoms with E-state index in [-0.39, 0.29) is 11.9 Å². The van der Waals surface area contributed by atoms with Gasteiger partial charge in [-0.25, -0.2) is 4.79 Å². The van der Waals surface area contributed by atoms with Crippen LogP contribution in [-0.4, -0.2) is 18.5 Å². The smallest absolute Gasteiger partial charge is 0.338 e. The molecule has 0 aliphatic carbocycles. The zero-order valence-corrected chi connectivity index (χ0v) is 16.3. The van der Waals surface area contributed by atoms with E-state index >= 15 is 0 Å². The van der Waals surface area contributed by atoms with Crippen molar-refractivity contribution in [3.8, 4) is 0 Å². The van der Waals surface area contributed by atoms with E-state index in [0.717, 1.165) is 24.8 Å². The lowest BCUT2D eigenvalue weighted by Gasteiger charge is -2.07. The molecule has 136 valence electrons. The number of nitrogens with one attached hydrogen (secondary N) is 1. The Kier molecular flexibility index (Phi) is 8.09. The number of anilines is 1. The Hall–Kier alpha value is -2.40. The standard InChI is InChI=1S/C21H22BrNO3/c1-2-3-7-14-26-21(25)17-10-12-18(13-11-17)23-20(24)19(22)15-16-8-5-4-6-9-16/h4-6,8-13,15H,2-3,7,14H2,1H3,(H,23,24). The summed E-state index contributed by atoms with van der Waals surface area (Å²) in [4.78, 5) is 24.1. The maximum absolute atomic E-state index is 12.2. The van der Waals surface area contributed by atoms with Crippen molar-refractivity contribution in [1.82, 2.24) is 0 Å². The summed E-state index contributed by atoms with van der Waals surface area (Å²) in [6.07, 6.45) is 4.75. The zero-order chi connectivity index (χ0) is 18.8. The molecule has 2 aromatic rings. The molecule has 0 fully saturated rings. The van der Waals surface area contributed by atoms with Crippen molar-refractivity contribution in [2.45, 2.75) is 26.2 Å². The van der Waals surface area contributed by atoms with Gasteiger partial charge < -0.3 is 10.1 Å². The van der Waals surface area contributed by atoms with Crippen LogP contribution >= 0.6 is 15.9 Å². The molecule has 26 heavy (non-hydrogen) atoms. The first-order chi connectivity index (χ1) is 12.6. The van der Waals surface area contributed by atoms with Crippen LogP contribution in [0.25, 0.3) is 6.08 Å². The van der Waals surface area contributed by atoms with Crippen LogP contribution in [0.2, 0.25) is 0 Å². The molecule has 2 aromatic carbocycles. The van der Waals surface area contributed by atoms with E-state index in [1.807, 2.05) is 30.3 Å². The second-order valence-corrected chi connectivity index (χ2v) is 6.63. The Morgan fingerprint density at radius 3 is 2.38 bits per heavy atom. The molecule has 0 spiro atoms. The molecule has 5 heteroatoms. The van der Waals surface area contributed by atoms with Crippen molar-refractivity contribution >= 4 is 39.6 Å². The van der Waals surface area contributed by atoms with Gasteiger partial charge in [0.1, 0.15) is 0 Å². The normalized spacial score (nSPS) is 11.1. The van der Waals surface area contributed by atoms with Crippen LogP contribution in [0.1, 0.15) is 42.1 Å². The number of carbonyl (C=O) groups excluding carboxylic acids is 2. The highest BCUT2D eigenvalue weighted by Gasteiger charge is 2.09. The first-order valence-electron chi connectivity index (χ1n) is 8.61. The van der Waals surface area contributed by atoms with E-state index in [0.29, 0.717) is 22.3 Å². The molecule has 0 atom stereocenters. The van der Waals surface area contributed by atoms with Gasteiger partial charge in [0.2, 0.25) is 0 Å². The Morgan fingerprint density at radius 1 is 1.04 bits per heavy atom. The third-order valence-electron chi connectivity index (χ3n) is 3.67. The van der Waals surface area contributed by atoms with Gasteiger partial charge in [0.15, 0.2) is 0 Å². The number of halogens is 1. The maximum Gasteiger partial charge on any atom is 0.338 e. The van der Waals surface area contributed by atoms with Gasteiger partial charge in [-0.2, -0.15) is 0 Å². The molecular weight excluding hydrogens is 394 g/mol. The highest BCUT2D eigenvalue weighted by molar-refractivity contribution is 9.12. The minimum atomic E-state index is -0.343. The molecule has 0 aliphatic heterocycles. The Balaban J connectivity index is 1.91.